The van der Waals surface area contributed by atoms with E-state index in [1.807, 2.05) is 0 Å². The van der Waals surface area contributed by atoms with Gasteiger partial charge in [0.2, 0.25) is 0 Å². The van der Waals surface area contributed by atoms with Gasteiger partial charge in [-0.3, -0.25) is 0 Å². The Hall–Kier alpha value is -5.92. The summed E-state index contributed by atoms with van der Waals surface area (Å²) in [7, 11) is 0. The fraction of sp³-hybridized carbons (Fsp3) is 0. The smallest absolute Gasteiger partial charge is 0.0468 e. The van der Waals surface area contributed by atoms with Crippen molar-refractivity contribution in [2.45, 2.75) is 0 Å². The maximum absolute atomic E-state index is 2.36. The summed E-state index contributed by atoms with van der Waals surface area (Å²) in [5.41, 5.74) is 10.7. The first-order chi connectivity index (χ1) is 22.3. The average Bonchev–Trinajstić information content (AvgIpc) is 3.12. The zero-order chi connectivity index (χ0) is 30.0. The van der Waals surface area contributed by atoms with Crippen LogP contribution in [0.4, 0.5) is 17.1 Å². The number of hydrogen-bond acceptors (Lipinski definition) is 1. The van der Waals surface area contributed by atoms with Crippen LogP contribution in [-0.4, -0.2) is 0 Å². The van der Waals surface area contributed by atoms with Crippen LogP contribution >= 0.6 is 0 Å². The SMILES string of the molecule is c1ccc(-c2cccc(N(c3ccc(-c4ccc5ccccc5c4-c4ccccc4)cc3)c3ccc4ccccc4c3)c2)cc1. The summed E-state index contributed by atoms with van der Waals surface area (Å²) < 4.78 is 0. The number of benzene rings is 8. The summed E-state index contributed by atoms with van der Waals surface area (Å²) in [6, 6.07) is 67.7. The van der Waals surface area contributed by atoms with Gasteiger partial charge in [0, 0.05) is 17.1 Å². The standard InChI is InChI=1S/C44H31N/c1-3-12-32(13-4-1)38-19-11-20-40(30-38)45(41-28-22-33-14-7-8-18-37(33)31-41)39-26-23-35(24-27-39)43-29-25-34-15-9-10-21-42(34)44(43)36-16-5-2-6-17-36/h1-31H. The lowest BCUT2D eigenvalue weighted by Gasteiger charge is -2.27. The molecule has 0 N–H and O–H groups in total. The number of fused-ring (bicyclic) bond motifs is 2. The van der Waals surface area contributed by atoms with Crippen LogP contribution in [0.1, 0.15) is 0 Å². The van der Waals surface area contributed by atoms with Crippen molar-refractivity contribution in [1.29, 1.82) is 0 Å². The van der Waals surface area contributed by atoms with Crippen LogP contribution in [0, 0.1) is 0 Å². The highest BCUT2D eigenvalue weighted by Gasteiger charge is 2.16. The molecule has 0 radical (unpaired) electrons. The van der Waals surface area contributed by atoms with Crippen LogP contribution in [0.3, 0.4) is 0 Å². The lowest BCUT2D eigenvalue weighted by Crippen LogP contribution is -2.10. The second-order valence-electron chi connectivity index (χ2n) is 11.4. The summed E-state index contributed by atoms with van der Waals surface area (Å²) in [4.78, 5) is 2.36. The third-order valence-corrected chi connectivity index (χ3v) is 8.63. The van der Waals surface area contributed by atoms with E-state index < -0.39 is 0 Å². The second-order valence-corrected chi connectivity index (χ2v) is 11.4. The van der Waals surface area contributed by atoms with E-state index in [-0.39, 0.29) is 0 Å². The molecule has 0 bridgehead atoms. The predicted octanol–water partition coefficient (Wildman–Crippen LogP) is 12.5. The van der Waals surface area contributed by atoms with E-state index in [1.165, 1.54) is 54.9 Å². The van der Waals surface area contributed by atoms with Gasteiger partial charge < -0.3 is 4.90 Å². The molecule has 0 saturated heterocycles. The highest BCUT2D eigenvalue weighted by atomic mass is 15.1. The lowest BCUT2D eigenvalue weighted by atomic mass is 9.90. The highest BCUT2D eigenvalue weighted by molar-refractivity contribution is 6.04. The molecule has 8 aromatic rings. The summed E-state index contributed by atoms with van der Waals surface area (Å²) >= 11 is 0. The van der Waals surface area contributed by atoms with Gasteiger partial charge in [-0.25, -0.2) is 0 Å². The monoisotopic (exact) mass is 573 g/mol. The van der Waals surface area contributed by atoms with Crippen molar-refractivity contribution in [2.75, 3.05) is 4.90 Å². The molecule has 0 saturated carbocycles. The number of anilines is 3. The van der Waals surface area contributed by atoms with E-state index in [9.17, 15) is 0 Å². The van der Waals surface area contributed by atoms with Crippen LogP contribution in [0.2, 0.25) is 0 Å². The van der Waals surface area contributed by atoms with Gasteiger partial charge in [-0.15, -0.1) is 0 Å². The number of rotatable bonds is 6. The highest BCUT2D eigenvalue weighted by Crippen LogP contribution is 2.41. The molecule has 0 aromatic heterocycles. The molecule has 45 heavy (non-hydrogen) atoms. The van der Waals surface area contributed by atoms with Crippen molar-refractivity contribution in [3.8, 4) is 33.4 Å². The van der Waals surface area contributed by atoms with Crippen LogP contribution in [0.5, 0.6) is 0 Å². The molecule has 1 heteroatoms. The molecular formula is C44H31N. The quantitative estimate of drug-likeness (QED) is 0.191. The Morgan fingerprint density at radius 3 is 1.64 bits per heavy atom. The van der Waals surface area contributed by atoms with E-state index >= 15 is 0 Å². The predicted molar refractivity (Wildman–Crippen MR) is 192 cm³/mol. The van der Waals surface area contributed by atoms with Gasteiger partial charge in [0.25, 0.3) is 0 Å². The van der Waals surface area contributed by atoms with E-state index in [0.717, 1.165) is 17.1 Å². The van der Waals surface area contributed by atoms with Crippen molar-refractivity contribution in [3.63, 3.8) is 0 Å². The summed E-state index contributed by atoms with van der Waals surface area (Å²) in [6.45, 7) is 0. The minimum atomic E-state index is 1.11. The second kappa shape index (κ2) is 11.6. The molecule has 0 atom stereocenters. The normalized spacial score (nSPS) is 11.1. The maximum atomic E-state index is 2.36. The Bertz CT molecular complexity index is 2250. The topological polar surface area (TPSA) is 3.24 Å². The maximum Gasteiger partial charge on any atom is 0.0468 e. The minimum absolute atomic E-state index is 1.11. The molecule has 8 rings (SSSR count). The van der Waals surface area contributed by atoms with Gasteiger partial charge >= 0.3 is 0 Å². The summed E-state index contributed by atoms with van der Waals surface area (Å²) in [6.07, 6.45) is 0. The molecular weight excluding hydrogens is 542 g/mol. The molecule has 0 amide bonds. The largest absolute Gasteiger partial charge is 0.310 e. The molecule has 0 heterocycles. The Morgan fingerprint density at radius 2 is 0.867 bits per heavy atom. The first kappa shape index (κ1) is 26.7. The van der Waals surface area contributed by atoms with Gasteiger partial charge in [0.1, 0.15) is 0 Å². The number of hydrogen-bond donors (Lipinski definition) is 0. The Kier molecular flexibility index (Phi) is 6.90. The van der Waals surface area contributed by atoms with Crippen LogP contribution in [0.25, 0.3) is 54.9 Å². The molecule has 0 aliphatic rings. The third-order valence-electron chi connectivity index (χ3n) is 8.63. The molecule has 0 spiro atoms. The van der Waals surface area contributed by atoms with Crippen molar-refractivity contribution < 1.29 is 0 Å². The molecule has 0 aliphatic carbocycles. The van der Waals surface area contributed by atoms with Gasteiger partial charge in [-0.2, -0.15) is 0 Å². The number of nitrogens with zero attached hydrogens (tertiary/aromatic N) is 1. The molecule has 0 fully saturated rings. The molecule has 8 aromatic carbocycles. The Balaban J connectivity index is 1.27. The molecule has 0 aliphatic heterocycles. The lowest BCUT2D eigenvalue weighted by molar-refractivity contribution is 1.29. The van der Waals surface area contributed by atoms with E-state index in [1.54, 1.807) is 0 Å². The van der Waals surface area contributed by atoms with E-state index in [0.29, 0.717) is 0 Å². The Morgan fingerprint density at radius 1 is 0.289 bits per heavy atom. The summed E-state index contributed by atoms with van der Waals surface area (Å²) in [5.74, 6) is 0. The van der Waals surface area contributed by atoms with Crippen LogP contribution in [0.15, 0.2) is 188 Å². The van der Waals surface area contributed by atoms with Crippen molar-refractivity contribution >= 4 is 38.6 Å². The van der Waals surface area contributed by atoms with Crippen molar-refractivity contribution in [2.24, 2.45) is 0 Å². The zero-order valence-corrected chi connectivity index (χ0v) is 24.8. The average molecular weight is 574 g/mol. The van der Waals surface area contributed by atoms with Crippen LogP contribution < -0.4 is 4.90 Å². The first-order valence-corrected chi connectivity index (χ1v) is 15.4. The van der Waals surface area contributed by atoms with Crippen LogP contribution in [-0.2, 0) is 0 Å². The fourth-order valence-corrected chi connectivity index (χ4v) is 6.44. The van der Waals surface area contributed by atoms with Gasteiger partial charge in [-0.1, -0.05) is 152 Å². The van der Waals surface area contributed by atoms with E-state index in [2.05, 4.69) is 193 Å². The van der Waals surface area contributed by atoms with Crippen molar-refractivity contribution in [3.05, 3.63) is 188 Å². The van der Waals surface area contributed by atoms with Gasteiger partial charge in [0.05, 0.1) is 0 Å². The first-order valence-electron chi connectivity index (χ1n) is 15.4. The molecule has 0 unspecified atom stereocenters. The summed E-state index contributed by atoms with van der Waals surface area (Å²) in [5, 5.41) is 4.97. The van der Waals surface area contributed by atoms with Crippen molar-refractivity contribution in [1.82, 2.24) is 0 Å². The third kappa shape index (κ3) is 5.15. The minimum Gasteiger partial charge on any atom is -0.310 e. The fourth-order valence-electron chi connectivity index (χ4n) is 6.44. The van der Waals surface area contributed by atoms with Gasteiger partial charge in [-0.05, 0) is 91.3 Å². The molecule has 1 nitrogen and oxygen atoms in total. The zero-order valence-electron chi connectivity index (χ0n) is 24.8. The van der Waals surface area contributed by atoms with Gasteiger partial charge in [0.15, 0.2) is 0 Å². The molecule has 212 valence electrons. The Labute approximate surface area is 264 Å². The van der Waals surface area contributed by atoms with E-state index in [4.69, 9.17) is 0 Å².